The summed E-state index contributed by atoms with van der Waals surface area (Å²) < 4.78 is 41.7. The molecule has 9 nitrogen and oxygen atoms in total. The summed E-state index contributed by atoms with van der Waals surface area (Å²) in [4.78, 5) is 29.8. The van der Waals surface area contributed by atoms with E-state index in [0.717, 1.165) is 68.9 Å². The van der Waals surface area contributed by atoms with Crippen LogP contribution in [0, 0.1) is 0 Å². The van der Waals surface area contributed by atoms with Crippen LogP contribution in [-0.4, -0.2) is 61.4 Å². The lowest BCUT2D eigenvalue weighted by molar-refractivity contribution is -0.436. The highest BCUT2D eigenvalue weighted by Gasteiger charge is 2.45. The van der Waals surface area contributed by atoms with Crippen molar-refractivity contribution in [1.29, 1.82) is 0 Å². The number of anilines is 2. The third-order valence-corrected chi connectivity index (χ3v) is 19.8. The maximum absolute atomic E-state index is 14.7. The molecule has 1 aliphatic carbocycles. The normalized spacial score (nSPS) is 15.1. The van der Waals surface area contributed by atoms with Gasteiger partial charge in [0.25, 0.3) is 10.0 Å². The van der Waals surface area contributed by atoms with Crippen LogP contribution in [0.25, 0.3) is 39.5 Å². The number of carbonyl (C=O) groups excluding carboxylic acids is 2. The summed E-state index contributed by atoms with van der Waals surface area (Å²) in [6.45, 7) is 14.5. The summed E-state index contributed by atoms with van der Waals surface area (Å²) in [6, 6.07) is 74.6. The lowest BCUT2D eigenvalue weighted by Gasteiger charge is -2.30. The molecule has 4 heterocycles. The van der Waals surface area contributed by atoms with E-state index >= 15 is 0 Å². The van der Waals surface area contributed by atoms with E-state index in [-0.39, 0.29) is 16.1 Å². The minimum Gasteiger partial charge on any atom is -0.456 e. The number of benzene rings is 9. The minimum absolute atomic E-state index is 0.0496. The van der Waals surface area contributed by atoms with Crippen molar-refractivity contribution in [2.45, 2.75) is 81.9 Å². The highest BCUT2D eigenvalue weighted by atomic mass is 32.2. The third-order valence-electron chi connectivity index (χ3n) is 18.0. The molecule has 0 atom stereocenters. The van der Waals surface area contributed by atoms with Crippen molar-refractivity contribution in [3.05, 3.63) is 269 Å². The number of sulfonamides is 1. The second-order valence-corrected chi connectivity index (χ2v) is 26.2. The number of allylic oxidation sites excluding steroid dienone is 1. The number of fused-ring (bicyclic) bond motifs is 5. The molecule has 0 saturated heterocycles. The van der Waals surface area contributed by atoms with Crippen LogP contribution in [-0.2, 0) is 48.7 Å². The number of nitrogens with zero attached hydrogens (tertiary/aromatic N) is 4. The molecule has 10 heteroatoms. The predicted octanol–water partition coefficient (Wildman–Crippen LogP) is 15.4. The third kappa shape index (κ3) is 10.5. The molecule has 0 aromatic heterocycles. The van der Waals surface area contributed by atoms with Crippen molar-refractivity contribution in [3.8, 4) is 22.5 Å². The van der Waals surface area contributed by atoms with E-state index in [9.17, 15) is 18.0 Å². The second-order valence-electron chi connectivity index (χ2n) is 24.3. The fourth-order valence-electron chi connectivity index (χ4n) is 12.9. The number of likely N-dealkylation sites (N-methyl/N-ethyl adjacent to an activating group) is 1. The average molecular weight is 1150 g/mol. The Hall–Kier alpha value is -9.25. The average Bonchev–Trinajstić information content (AvgIpc) is 1.21. The van der Waals surface area contributed by atoms with Crippen LogP contribution in [0.5, 0.6) is 0 Å². The summed E-state index contributed by atoms with van der Waals surface area (Å²) in [5, 5.41) is 1.78. The van der Waals surface area contributed by atoms with Crippen LogP contribution in [0.1, 0.15) is 81.3 Å². The van der Waals surface area contributed by atoms with Crippen LogP contribution in [0.3, 0.4) is 0 Å². The second kappa shape index (κ2) is 23.0. The fourth-order valence-corrected chi connectivity index (χ4v) is 14.3. The maximum Gasteiger partial charge on any atom is 0.266 e. The first-order valence-electron chi connectivity index (χ1n) is 29.7. The number of para-hydroxylation sites is 3. The van der Waals surface area contributed by atoms with Crippen molar-refractivity contribution in [2.75, 3.05) is 31.6 Å². The molecule has 0 N–H and O–H groups in total. The zero-order valence-electron chi connectivity index (χ0n) is 50.0. The Morgan fingerprint density at radius 3 is 1.98 bits per heavy atom. The van der Waals surface area contributed by atoms with E-state index in [1.165, 1.54) is 52.1 Å². The summed E-state index contributed by atoms with van der Waals surface area (Å²) in [6.07, 6.45) is 6.80. The van der Waals surface area contributed by atoms with Gasteiger partial charge in [-0.05, 0) is 107 Å². The van der Waals surface area contributed by atoms with Gasteiger partial charge in [-0.2, -0.15) is 9.15 Å². The topological polar surface area (TPSA) is 93.9 Å². The van der Waals surface area contributed by atoms with E-state index in [1.807, 2.05) is 105 Å². The van der Waals surface area contributed by atoms with Crippen molar-refractivity contribution in [3.63, 3.8) is 0 Å². The molecule has 0 bridgehead atoms. The maximum atomic E-state index is 14.7. The first kappa shape index (κ1) is 57.2. The summed E-state index contributed by atoms with van der Waals surface area (Å²) in [5.74, 6) is 0.379. The molecule has 86 heavy (non-hydrogen) atoms. The molecule has 0 radical (unpaired) electrons. The number of hydrogen-bond donors (Lipinski definition) is 0. The summed E-state index contributed by atoms with van der Waals surface area (Å²) in [5.41, 5.74) is 13.6. The van der Waals surface area contributed by atoms with Gasteiger partial charge in [-0.25, -0.2) is 12.7 Å². The smallest absolute Gasteiger partial charge is 0.266 e. The van der Waals surface area contributed by atoms with Crippen LogP contribution < -0.4 is 14.8 Å². The van der Waals surface area contributed by atoms with Crippen LogP contribution >= 0.6 is 0 Å². The van der Waals surface area contributed by atoms with Crippen LogP contribution in [0.4, 0.5) is 22.7 Å². The van der Waals surface area contributed by atoms with Gasteiger partial charge in [0.05, 0.1) is 28.2 Å². The zero-order valence-corrected chi connectivity index (χ0v) is 50.8. The van der Waals surface area contributed by atoms with E-state index in [0.29, 0.717) is 29.9 Å². The molecular formula is C76H72N4O5S+2. The number of Topliss-reactive ketones (excluding diaryl/α,β-unsaturated/α-hetero) is 1. The molecule has 13 rings (SSSR count). The van der Waals surface area contributed by atoms with Gasteiger partial charge >= 0.3 is 0 Å². The lowest BCUT2D eigenvalue weighted by Crippen LogP contribution is -2.44. The lowest BCUT2D eigenvalue weighted by atomic mass is 9.79. The molecule has 8 aromatic carbocycles. The molecule has 1 amide bonds. The van der Waals surface area contributed by atoms with Crippen molar-refractivity contribution in [2.24, 2.45) is 0 Å². The summed E-state index contributed by atoms with van der Waals surface area (Å²) >= 11 is 0. The molecule has 8 aromatic rings. The SMILES string of the molecule is CC(C)(C(=O)CC[N+]1=C(/C=C/c2ccccc2)C(C)(C)c2ccccc21)c1ccccc1.CN(C(=O)C(C)(C)c1ccccc1)S(=O)(=O)c1ccccc1-c1c2ccc(=[N+]3CCc4ccccc43)cc-2oc2cc(N3CCc4ccccc43)ccc12. The van der Waals surface area contributed by atoms with Gasteiger partial charge in [0, 0.05) is 100 Å². The molecule has 5 aliphatic rings. The van der Waals surface area contributed by atoms with Crippen molar-refractivity contribution >= 4 is 67.2 Å². The summed E-state index contributed by atoms with van der Waals surface area (Å²) in [7, 11) is -2.96. The molecule has 430 valence electrons. The van der Waals surface area contributed by atoms with E-state index in [2.05, 4.69) is 161 Å². The van der Waals surface area contributed by atoms with Gasteiger partial charge < -0.3 is 9.32 Å². The standard InChI is InChI=1S/C46H40N3O4S.C30H32NO/c1-46(2,33-15-5-4-6-16-33)45(50)47(3)54(51,52)43-20-12-9-17-38(43)44-36-23-21-34(48-27-25-31-13-7-10-18-39(31)48)29-41(36)53-42-30-35(22-24-37(42)44)49-28-26-32-14-8-11-19-40(32)49;1-29(2,24-15-9-6-10-16-24)28(32)21-22-31-26-18-12-11-17-25(26)30(3,4)27(31)20-19-23-13-7-5-8-14-23/h4-24,29-30H,25-28H2,1-3H3;5-20H,21-22H2,1-4H3/q2*+1/b;20-19+. The number of ketones is 1. The van der Waals surface area contributed by atoms with E-state index < -0.39 is 26.8 Å². The van der Waals surface area contributed by atoms with E-state index in [4.69, 9.17) is 4.42 Å². The monoisotopic (exact) mass is 1150 g/mol. The predicted molar refractivity (Wildman–Crippen MR) is 349 cm³/mol. The highest BCUT2D eigenvalue weighted by Crippen LogP contribution is 2.46. The number of rotatable bonds is 13. The minimum atomic E-state index is -4.32. The number of amides is 1. The Balaban J connectivity index is 0.000000193. The Morgan fingerprint density at radius 1 is 0.628 bits per heavy atom. The van der Waals surface area contributed by atoms with Gasteiger partial charge in [0.1, 0.15) is 17.1 Å². The van der Waals surface area contributed by atoms with Crippen LogP contribution in [0.15, 0.2) is 240 Å². The number of hydrogen-bond acceptors (Lipinski definition) is 6. The largest absolute Gasteiger partial charge is 0.456 e. The van der Waals surface area contributed by atoms with Crippen molar-refractivity contribution in [1.82, 2.24) is 8.88 Å². The molecule has 0 spiro atoms. The van der Waals surface area contributed by atoms with Crippen molar-refractivity contribution < 1.29 is 27.0 Å². The van der Waals surface area contributed by atoms with E-state index in [1.54, 1.807) is 26.0 Å². The highest BCUT2D eigenvalue weighted by molar-refractivity contribution is 7.89. The first-order valence-corrected chi connectivity index (χ1v) is 31.2. The Kier molecular flexibility index (Phi) is 15.3. The van der Waals surface area contributed by atoms with Gasteiger partial charge in [-0.3, -0.25) is 9.59 Å². The Morgan fingerprint density at radius 2 is 1.24 bits per heavy atom. The molecule has 4 aliphatic heterocycles. The molecular weight excluding hydrogens is 1080 g/mol. The molecule has 0 fully saturated rings. The Bertz CT molecular complexity index is 4460. The number of carbonyl (C=O) groups is 2. The Labute approximate surface area is 505 Å². The first-order chi connectivity index (χ1) is 41.4. The quantitative estimate of drug-likeness (QED) is 0.0843. The fraction of sp³-hybridized carbons (Fsp3) is 0.211. The van der Waals surface area contributed by atoms with Gasteiger partial charge in [-0.15, -0.1) is 0 Å². The zero-order chi connectivity index (χ0) is 60.0. The molecule has 0 unspecified atom stereocenters. The molecule has 0 saturated carbocycles. The van der Waals surface area contributed by atoms with Gasteiger partial charge in [-0.1, -0.05) is 164 Å². The van der Waals surface area contributed by atoms with Gasteiger partial charge in [0.15, 0.2) is 18.8 Å². The van der Waals surface area contributed by atoms with Gasteiger partial charge in [0.2, 0.25) is 22.6 Å². The van der Waals surface area contributed by atoms with Crippen LogP contribution in [0.2, 0.25) is 0 Å².